The Hall–Kier alpha value is -7.62. The van der Waals surface area contributed by atoms with Gasteiger partial charge in [0.25, 0.3) is 0 Å². The molecule has 5 aromatic rings. The van der Waals surface area contributed by atoms with E-state index in [4.69, 9.17) is 4.98 Å². The molecule has 0 saturated carbocycles. The molecule has 6 rings (SSSR count). The minimum atomic E-state index is -1.26. The summed E-state index contributed by atoms with van der Waals surface area (Å²) in [5.74, 6) is -4.20. The average Bonchev–Trinajstić information content (AvgIpc) is 4.08. The van der Waals surface area contributed by atoms with Crippen molar-refractivity contribution in [3.63, 3.8) is 0 Å². The Labute approximate surface area is 416 Å². The minimum Gasteiger partial charge on any atom is -0.350 e. The van der Waals surface area contributed by atoms with E-state index >= 15 is 0 Å². The van der Waals surface area contributed by atoms with Crippen LogP contribution in [-0.2, 0) is 52.1 Å². The molecular weight excluding hydrogens is 899 g/mol. The Bertz CT molecular complexity index is 2490. The Balaban J connectivity index is 1.16. The van der Waals surface area contributed by atoms with Crippen LogP contribution in [0.3, 0.4) is 0 Å². The number of hydrogen-bond acceptors (Lipinski definition) is 8. The van der Waals surface area contributed by atoms with Crippen molar-refractivity contribution in [1.82, 2.24) is 46.4 Å². The predicted molar refractivity (Wildman–Crippen MR) is 270 cm³/mol. The lowest BCUT2D eigenvalue weighted by Crippen LogP contribution is -2.58. The SMILES string of the molecule is CC[C@H](C)[C@H](NC(=O)[C@@H]1CCCN1C(=O)CNC(=O)[C@H](C)NC(=O)[C@H](Cc1cn(C(c2ccccc2)(c2ccccc2)c2ccccc2)cn1)NC(=O)[C@@H](NC(C)=O)C(C)C)C(=O)NCc1ccccc1. The van der Waals surface area contributed by atoms with Gasteiger partial charge in [-0.1, -0.05) is 155 Å². The molecule has 0 radical (unpaired) electrons. The summed E-state index contributed by atoms with van der Waals surface area (Å²) in [7, 11) is 0. The fourth-order valence-corrected chi connectivity index (χ4v) is 9.05. The first-order chi connectivity index (χ1) is 34.1. The second-order valence-corrected chi connectivity index (χ2v) is 18.5. The summed E-state index contributed by atoms with van der Waals surface area (Å²) in [5, 5.41) is 16.6. The second kappa shape index (κ2) is 24.8. The molecule has 0 aliphatic carbocycles. The van der Waals surface area contributed by atoms with Crippen molar-refractivity contribution in [3.05, 3.63) is 162 Å². The molecule has 6 atom stereocenters. The van der Waals surface area contributed by atoms with Gasteiger partial charge < -0.3 is 41.4 Å². The van der Waals surface area contributed by atoms with Crippen molar-refractivity contribution in [1.29, 1.82) is 0 Å². The topological polar surface area (TPSA) is 213 Å². The van der Waals surface area contributed by atoms with Crippen molar-refractivity contribution >= 4 is 41.4 Å². The second-order valence-electron chi connectivity index (χ2n) is 18.5. The van der Waals surface area contributed by atoms with E-state index in [-0.39, 0.29) is 30.7 Å². The van der Waals surface area contributed by atoms with Crippen molar-refractivity contribution in [2.75, 3.05) is 13.1 Å². The van der Waals surface area contributed by atoms with Crippen LogP contribution in [0.15, 0.2) is 134 Å². The van der Waals surface area contributed by atoms with Crippen molar-refractivity contribution in [3.8, 4) is 0 Å². The van der Waals surface area contributed by atoms with Crippen LogP contribution in [0, 0.1) is 11.8 Å². The number of amides is 7. The maximum Gasteiger partial charge on any atom is 0.243 e. The van der Waals surface area contributed by atoms with E-state index in [9.17, 15) is 33.6 Å². The maximum atomic E-state index is 14.3. The summed E-state index contributed by atoms with van der Waals surface area (Å²) in [6, 6.07) is 34.3. The van der Waals surface area contributed by atoms with E-state index in [2.05, 4.69) is 31.9 Å². The first-order valence-electron chi connectivity index (χ1n) is 24.4. The number of benzene rings is 4. The molecular formula is C55H67N9O7. The quantitative estimate of drug-likeness (QED) is 0.0547. The fourth-order valence-electron chi connectivity index (χ4n) is 9.05. The van der Waals surface area contributed by atoms with Gasteiger partial charge in [0.2, 0.25) is 41.4 Å². The maximum absolute atomic E-state index is 14.3. The molecule has 2 heterocycles. The molecule has 7 amide bonds. The molecule has 16 heteroatoms. The number of likely N-dealkylation sites (tertiary alicyclic amines) is 1. The zero-order valence-electron chi connectivity index (χ0n) is 41.4. The van der Waals surface area contributed by atoms with Gasteiger partial charge in [-0.05, 0) is 53.9 Å². The van der Waals surface area contributed by atoms with Gasteiger partial charge in [0, 0.05) is 32.6 Å². The van der Waals surface area contributed by atoms with Crippen LogP contribution in [0.4, 0.5) is 0 Å². The molecule has 6 N–H and O–H groups in total. The smallest absolute Gasteiger partial charge is 0.243 e. The standard InChI is InChI=1S/C55H67N9O7/c1-7-37(4)49(53(70)56-32-40-21-12-8-13-22-40)62-52(69)46-29-20-30-64(46)47(66)33-57-50(67)38(5)59-51(68)45(61-54(71)48(36(2)3)60-39(6)65)31-44-34-63(35-58-44)55(41-23-14-9-15-24-41,42-25-16-10-17-26-42)43-27-18-11-19-28-43/h8-19,21-28,34-38,45-46,48-49H,7,20,29-33H2,1-6H3,(H,56,70)(H,57,67)(H,59,68)(H,60,65)(H,61,71)(H,62,69)/t37-,38-,45-,46-,48-,49-/m0/s1. The molecule has 16 nitrogen and oxygen atoms in total. The number of nitrogens with one attached hydrogen (secondary N) is 6. The van der Waals surface area contributed by atoms with E-state index in [1.165, 1.54) is 18.7 Å². The van der Waals surface area contributed by atoms with Gasteiger partial charge in [0.05, 0.1) is 18.6 Å². The van der Waals surface area contributed by atoms with Gasteiger partial charge in [-0.25, -0.2) is 4.98 Å². The van der Waals surface area contributed by atoms with E-state index < -0.39 is 77.7 Å². The lowest BCUT2D eigenvalue weighted by Gasteiger charge is -2.37. The van der Waals surface area contributed by atoms with Crippen molar-refractivity contribution in [2.24, 2.45) is 11.8 Å². The van der Waals surface area contributed by atoms with Gasteiger partial charge in [-0.2, -0.15) is 0 Å². The van der Waals surface area contributed by atoms with Crippen LogP contribution in [0.5, 0.6) is 0 Å². The Kier molecular flexibility index (Phi) is 18.4. The number of imidazole rings is 1. The molecule has 0 spiro atoms. The van der Waals surface area contributed by atoms with Crippen LogP contribution in [0.25, 0.3) is 0 Å². The first-order valence-corrected chi connectivity index (χ1v) is 24.4. The third kappa shape index (κ3) is 13.2. The summed E-state index contributed by atoms with van der Waals surface area (Å²) in [6.45, 7) is 10.2. The molecule has 1 aliphatic rings. The zero-order valence-corrected chi connectivity index (χ0v) is 41.4. The number of carbonyl (C=O) groups excluding carboxylic acids is 7. The summed E-state index contributed by atoms with van der Waals surface area (Å²) in [6.07, 6.45) is 5.00. The van der Waals surface area contributed by atoms with Crippen LogP contribution < -0.4 is 31.9 Å². The Morgan fingerprint density at radius 1 is 0.662 bits per heavy atom. The Morgan fingerprint density at radius 3 is 1.76 bits per heavy atom. The predicted octanol–water partition coefficient (Wildman–Crippen LogP) is 4.37. The van der Waals surface area contributed by atoms with Crippen LogP contribution in [0.1, 0.15) is 88.8 Å². The number of rotatable bonds is 22. The molecule has 0 unspecified atom stereocenters. The normalized spacial score (nSPS) is 15.6. The third-order valence-electron chi connectivity index (χ3n) is 13.1. The third-order valence-corrected chi connectivity index (χ3v) is 13.1. The van der Waals surface area contributed by atoms with Gasteiger partial charge in [0.15, 0.2) is 0 Å². The van der Waals surface area contributed by atoms with Crippen LogP contribution in [-0.4, -0.2) is 99.1 Å². The molecule has 1 aromatic heterocycles. The molecule has 1 saturated heterocycles. The first kappa shape index (κ1) is 52.7. The molecule has 71 heavy (non-hydrogen) atoms. The fraction of sp³-hybridized carbons (Fsp3) is 0.382. The summed E-state index contributed by atoms with van der Waals surface area (Å²) >= 11 is 0. The molecule has 374 valence electrons. The number of hydrogen-bond donors (Lipinski definition) is 6. The van der Waals surface area contributed by atoms with Crippen LogP contribution in [0.2, 0.25) is 0 Å². The van der Waals surface area contributed by atoms with Gasteiger partial charge >= 0.3 is 0 Å². The lowest BCUT2D eigenvalue weighted by molar-refractivity contribution is -0.140. The number of carbonyl (C=O) groups is 7. The number of aromatic nitrogens is 2. The van der Waals surface area contributed by atoms with E-state index in [0.717, 1.165) is 22.3 Å². The lowest BCUT2D eigenvalue weighted by atomic mass is 9.77. The average molecular weight is 966 g/mol. The van der Waals surface area contributed by atoms with E-state index in [1.807, 2.05) is 146 Å². The summed E-state index contributed by atoms with van der Waals surface area (Å²) in [5.41, 5.74) is 3.33. The van der Waals surface area contributed by atoms with Crippen LogP contribution >= 0.6 is 0 Å². The number of nitrogens with zero attached hydrogens (tertiary/aromatic N) is 3. The molecule has 1 fully saturated rings. The van der Waals surface area contributed by atoms with Crippen molar-refractivity contribution < 1.29 is 33.6 Å². The summed E-state index contributed by atoms with van der Waals surface area (Å²) < 4.78 is 1.99. The van der Waals surface area contributed by atoms with Gasteiger partial charge in [-0.3, -0.25) is 33.6 Å². The highest BCUT2D eigenvalue weighted by Gasteiger charge is 2.40. The zero-order chi connectivity index (χ0) is 51.1. The van der Waals surface area contributed by atoms with E-state index in [1.54, 1.807) is 20.2 Å². The summed E-state index contributed by atoms with van der Waals surface area (Å²) in [4.78, 5) is 101. The van der Waals surface area contributed by atoms with Gasteiger partial charge in [-0.15, -0.1) is 0 Å². The minimum absolute atomic E-state index is 0.0955. The van der Waals surface area contributed by atoms with Crippen molar-refractivity contribution in [2.45, 2.75) is 110 Å². The highest BCUT2D eigenvalue weighted by Crippen LogP contribution is 2.41. The largest absolute Gasteiger partial charge is 0.350 e. The highest BCUT2D eigenvalue weighted by atomic mass is 16.2. The highest BCUT2D eigenvalue weighted by molar-refractivity contribution is 5.96. The monoisotopic (exact) mass is 966 g/mol. The molecule has 4 aromatic carbocycles. The Morgan fingerprint density at radius 2 is 1.23 bits per heavy atom. The van der Waals surface area contributed by atoms with Gasteiger partial charge in [0.1, 0.15) is 35.7 Å². The molecule has 0 bridgehead atoms. The van der Waals surface area contributed by atoms with E-state index in [0.29, 0.717) is 31.5 Å². The molecule has 1 aliphatic heterocycles.